The molecule has 6 rings (SSSR count). The topological polar surface area (TPSA) is 47.4 Å². The highest BCUT2D eigenvalue weighted by atomic mass is 16.5. The normalized spacial score (nSPS) is 17.2. The number of aryl methyl sites for hydroxylation is 1. The predicted octanol–water partition coefficient (Wildman–Crippen LogP) is 4.83. The second-order valence-electron chi connectivity index (χ2n) is 8.53. The molecular weight excluding hydrogens is 398 g/mol. The van der Waals surface area contributed by atoms with Crippen molar-refractivity contribution in [3.63, 3.8) is 0 Å². The average molecular weight is 422 g/mol. The van der Waals surface area contributed by atoms with E-state index >= 15 is 0 Å². The van der Waals surface area contributed by atoms with Gasteiger partial charge in [-0.1, -0.05) is 60.7 Å². The Morgan fingerprint density at radius 2 is 1.53 bits per heavy atom. The molecule has 0 saturated heterocycles. The highest BCUT2D eigenvalue weighted by molar-refractivity contribution is 5.90. The number of amides is 1. The van der Waals surface area contributed by atoms with Crippen molar-refractivity contribution >= 4 is 5.91 Å². The summed E-state index contributed by atoms with van der Waals surface area (Å²) in [5.74, 6) is 1.34. The zero-order valence-corrected chi connectivity index (χ0v) is 17.8. The maximum absolute atomic E-state index is 14.1. The van der Waals surface area contributed by atoms with Crippen LogP contribution < -0.4 is 4.74 Å². The summed E-state index contributed by atoms with van der Waals surface area (Å²) < 4.78 is 7.94. The molecule has 0 fully saturated rings. The van der Waals surface area contributed by atoms with Gasteiger partial charge >= 0.3 is 0 Å². The number of nitrogens with zero attached hydrogens (tertiary/aromatic N) is 3. The smallest absolute Gasteiger partial charge is 0.235 e. The molecule has 0 radical (unpaired) electrons. The maximum atomic E-state index is 14.1. The highest BCUT2D eigenvalue weighted by Gasteiger charge is 2.38. The van der Waals surface area contributed by atoms with Crippen molar-refractivity contribution in [3.8, 4) is 11.5 Å². The summed E-state index contributed by atoms with van der Waals surface area (Å²) in [6.07, 6.45) is 3.96. The number of fused-ring (bicyclic) bond motifs is 3. The molecule has 1 atom stereocenters. The molecule has 32 heavy (non-hydrogen) atoms. The SMILES string of the molecule is Cn1cc(C2CN(C(=O)C3c4ccccc4Oc4ccccc43)Cc3ccccc32)cn1. The molecule has 3 heterocycles. The van der Waals surface area contributed by atoms with Crippen LogP contribution in [-0.4, -0.2) is 27.1 Å². The van der Waals surface area contributed by atoms with Crippen LogP contribution in [0.15, 0.2) is 85.2 Å². The molecule has 0 aliphatic carbocycles. The van der Waals surface area contributed by atoms with Gasteiger partial charge in [-0.25, -0.2) is 0 Å². The number of benzene rings is 3. The van der Waals surface area contributed by atoms with E-state index < -0.39 is 0 Å². The zero-order chi connectivity index (χ0) is 21.7. The van der Waals surface area contributed by atoms with E-state index in [4.69, 9.17) is 4.74 Å². The van der Waals surface area contributed by atoms with Crippen molar-refractivity contribution in [2.24, 2.45) is 7.05 Å². The van der Waals surface area contributed by atoms with Crippen LogP contribution in [0.5, 0.6) is 11.5 Å². The lowest BCUT2D eigenvalue weighted by molar-refractivity contribution is -0.133. The Morgan fingerprint density at radius 1 is 0.906 bits per heavy atom. The van der Waals surface area contributed by atoms with Gasteiger partial charge < -0.3 is 9.64 Å². The fourth-order valence-electron chi connectivity index (χ4n) is 5.04. The Hall–Kier alpha value is -3.86. The molecule has 1 aromatic heterocycles. The van der Waals surface area contributed by atoms with Gasteiger partial charge in [-0.3, -0.25) is 9.48 Å². The van der Waals surface area contributed by atoms with Crippen LogP contribution in [0, 0.1) is 0 Å². The van der Waals surface area contributed by atoms with E-state index in [0.717, 1.165) is 28.2 Å². The lowest BCUT2D eigenvalue weighted by Gasteiger charge is -2.38. The molecule has 1 amide bonds. The lowest BCUT2D eigenvalue weighted by Crippen LogP contribution is -2.41. The number of hydrogen-bond donors (Lipinski definition) is 0. The minimum Gasteiger partial charge on any atom is -0.457 e. The molecule has 158 valence electrons. The van der Waals surface area contributed by atoms with Crippen molar-refractivity contribution in [2.75, 3.05) is 6.54 Å². The van der Waals surface area contributed by atoms with Gasteiger partial charge in [0.2, 0.25) is 5.91 Å². The Labute approximate surface area is 186 Å². The van der Waals surface area contributed by atoms with Crippen molar-refractivity contribution in [2.45, 2.75) is 18.4 Å². The summed E-state index contributed by atoms with van der Waals surface area (Å²) in [4.78, 5) is 16.1. The number of hydrogen-bond acceptors (Lipinski definition) is 3. The number of carbonyl (C=O) groups is 1. The van der Waals surface area contributed by atoms with Crippen LogP contribution in [0.3, 0.4) is 0 Å². The highest BCUT2D eigenvalue weighted by Crippen LogP contribution is 2.45. The molecule has 0 spiro atoms. The fraction of sp³-hybridized carbons (Fsp3) is 0.185. The largest absolute Gasteiger partial charge is 0.457 e. The monoisotopic (exact) mass is 421 g/mol. The maximum Gasteiger partial charge on any atom is 0.235 e. The predicted molar refractivity (Wildman–Crippen MR) is 122 cm³/mol. The molecule has 0 saturated carbocycles. The minimum atomic E-state index is -0.379. The standard InChI is InChI=1S/C27H23N3O2/c1-29-15-19(14-28-29)23-17-30(16-18-8-2-3-9-20(18)23)27(31)26-21-10-4-6-12-24(21)32-25-13-7-5-11-22(25)26/h2-15,23,26H,16-17H2,1H3. The molecule has 5 nitrogen and oxygen atoms in total. The summed E-state index contributed by atoms with van der Waals surface area (Å²) in [5.41, 5.74) is 5.44. The molecular formula is C27H23N3O2. The minimum absolute atomic E-state index is 0.0999. The summed E-state index contributed by atoms with van der Waals surface area (Å²) in [6.45, 7) is 1.23. The quantitative estimate of drug-likeness (QED) is 0.466. The van der Waals surface area contributed by atoms with Crippen molar-refractivity contribution in [1.82, 2.24) is 14.7 Å². The molecule has 0 N–H and O–H groups in total. The Bertz CT molecular complexity index is 1280. The molecule has 1 unspecified atom stereocenters. The number of carbonyl (C=O) groups excluding carboxylic acids is 1. The average Bonchev–Trinajstić information content (AvgIpc) is 3.27. The number of aromatic nitrogens is 2. The van der Waals surface area contributed by atoms with E-state index in [9.17, 15) is 4.79 Å². The first kappa shape index (κ1) is 18.9. The number of rotatable bonds is 2. The van der Waals surface area contributed by atoms with Gasteiger partial charge in [-0.05, 0) is 28.8 Å². The first-order valence-electron chi connectivity index (χ1n) is 10.9. The molecule has 0 bridgehead atoms. The van der Waals surface area contributed by atoms with Crippen LogP contribution in [0.25, 0.3) is 0 Å². The third-order valence-corrected chi connectivity index (χ3v) is 6.56. The zero-order valence-electron chi connectivity index (χ0n) is 17.8. The van der Waals surface area contributed by atoms with Crippen molar-refractivity contribution in [3.05, 3.63) is 113 Å². The second-order valence-corrected chi connectivity index (χ2v) is 8.53. The van der Waals surface area contributed by atoms with Crippen molar-refractivity contribution < 1.29 is 9.53 Å². The third-order valence-electron chi connectivity index (χ3n) is 6.56. The number of ether oxygens (including phenoxy) is 1. The third kappa shape index (κ3) is 3.01. The van der Waals surface area contributed by atoms with Gasteiger partial charge in [0, 0.05) is 43.4 Å². The van der Waals surface area contributed by atoms with E-state index in [2.05, 4.69) is 29.5 Å². The first-order valence-corrected chi connectivity index (χ1v) is 10.9. The summed E-state index contributed by atoms with van der Waals surface area (Å²) >= 11 is 0. The first-order chi connectivity index (χ1) is 15.7. The molecule has 4 aromatic rings. The van der Waals surface area contributed by atoms with E-state index in [0.29, 0.717) is 13.1 Å². The van der Waals surface area contributed by atoms with Crippen LogP contribution in [0.1, 0.15) is 39.7 Å². The van der Waals surface area contributed by atoms with Crippen LogP contribution in [0.2, 0.25) is 0 Å². The Morgan fingerprint density at radius 3 is 2.19 bits per heavy atom. The summed E-state index contributed by atoms with van der Waals surface area (Å²) in [5, 5.41) is 4.38. The van der Waals surface area contributed by atoms with Gasteiger partial charge in [0.15, 0.2) is 0 Å². The second kappa shape index (κ2) is 7.38. The molecule has 5 heteroatoms. The van der Waals surface area contributed by atoms with Gasteiger partial charge in [0.1, 0.15) is 11.5 Å². The molecule has 3 aromatic carbocycles. The van der Waals surface area contributed by atoms with Crippen LogP contribution in [-0.2, 0) is 18.4 Å². The Balaban J connectivity index is 1.43. The van der Waals surface area contributed by atoms with Crippen molar-refractivity contribution in [1.29, 1.82) is 0 Å². The summed E-state index contributed by atoms with van der Waals surface area (Å²) in [6, 6.07) is 24.2. The summed E-state index contributed by atoms with van der Waals surface area (Å²) in [7, 11) is 1.93. The molecule has 2 aliphatic rings. The Kier molecular flexibility index (Phi) is 4.35. The fourth-order valence-corrected chi connectivity index (χ4v) is 5.04. The van der Waals surface area contributed by atoms with Gasteiger partial charge in [0.25, 0.3) is 0 Å². The number of para-hydroxylation sites is 2. The van der Waals surface area contributed by atoms with E-state index in [1.54, 1.807) is 0 Å². The van der Waals surface area contributed by atoms with Crippen LogP contribution >= 0.6 is 0 Å². The van der Waals surface area contributed by atoms with Gasteiger partial charge in [-0.2, -0.15) is 5.10 Å². The van der Waals surface area contributed by atoms with E-state index in [1.807, 2.05) is 77.4 Å². The van der Waals surface area contributed by atoms with Crippen LogP contribution in [0.4, 0.5) is 0 Å². The van der Waals surface area contributed by atoms with Gasteiger partial charge in [0.05, 0.1) is 12.1 Å². The van der Waals surface area contributed by atoms with E-state index in [-0.39, 0.29) is 17.7 Å². The molecule has 2 aliphatic heterocycles. The van der Waals surface area contributed by atoms with E-state index in [1.165, 1.54) is 11.1 Å². The lowest BCUT2D eigenvalue weighted by atomic mass is 9.83. The van der Waals surface area contributed by atoms with Gasteiger partial charge in [-0.15, -0.1) is 0 Å².